The highest BCUT2D eigenvalue weighted by Gasteiger charge is 2.36. The van der Waals surface area contributed by atoms with Gasteiger partial charge in [0.2, 0.25) is 0 Å². The minimum Gasteiger partial charge on any atom is -0.508 e. The molecule has 0 bridgehead atoms. The lowest BCUT2D eigenvalue weighted by atomic mass is 9.95. The lowest BCUT2D eigenvalue weighted by Gasteiger charge is -2.34. The van der Waals surface area contributed by atoms with Gasteiger partial charge in [0.1, 0.15) is 5.75 Å². The zero-order valence-corrected chi connectivity index (χ0v) is 17.9. The van der Waals surface area contributed by atoms with E-state index in [9.17, 15) is 14.7 Å². The number of carbonyl (C=O) groups is 2. The molecule has 3 rings (SSSR count). The molecule has 7 nitrogen and oxygen atoms in total. The molecule has 1 atom stereocenters. The fourth-order valence-electron chi connectivity index (χ4n) is 3.55. The summed E-state index contributed by atoms with van der Waals surface area (Å²) in [5.41, 5.74) is 2.69. The van der Waals surface area contributed by atoms with E-state index in [0.29, 0.717) is 19.6 Å². The van der Waals surface area contributed by atoms with Gasteiger partial charge in [-0.1, -0.05) is 19.6 Å². The molecule has 1 aliphatic heterocycles. The van der Waals surface area contributed by atoms with Crippen LogP contribution in [0.5, 0.6) is 5.75 Å². The second kappa shape index (κ2) is 7.87. The van der Waals surface area contributed by atoms with Crippen molar-refractivity contribution in [1.82, 2.24) is 9.88 Å². The normalized spacial score (nSPS) is 16.7. The van der Waals surface area contributed by atoms with Gasteiger partial charge in [0, 0.05) is 31.2 Å². The summed E-state index contributed by atoms with van der Waals surface area (Å²) in [6.45, 7) is 7.53. The van der Waals surface area contributed by atoms with Crippen LogP contribution in [0.25, 0.3) is 10.9 Å². The second-order valence-corrected chi connectivity index (χ2v) is 14.0. The van der Waals surface area contributed by atoms with Gasteiger partial charge in [0.25, 0.3) is 0 Å². The molecule has 0 fully saturated rings. The molecule has 0 spiro atoms. The molecule has 152 valence electrons. The monoisotopic (exact) mass is 404 g/mol. The number of carbonyl (C=O) groups excluding carboxylic acids is 2. The van der Waals surface area contributed by atoms with Crippen LogP contribution >= 0.6 is 0 Å². The summed E-state index contributed by atoms with van der Waals surface area (Å²) in [7, 11) is 0.0317. The number of fused-ring (bicyclic) bond motifs is 3. The number of aromatic amines is 1. The number of hydrogen-bond acceptors (Lipinski definition) is 5. The van der Waals surface area contributed by atoms with Crippen LogP contribution in [-0.2, 0) is 20.7 Å². The molecule has 0 saturated carbocycles. The van der Waals surface area contributed by atoms with Gasteiger partial charge in [-0.25, -0.2) is 4.79 Å². The van der Waals surface area contributed by atoms with Gasteiger partial charge in [-0.15, -0.1) is 0 Å². The van der Waals surface area contributed by atoms with E-state index in [-0.39, 0.29) is 18.1 Å². The summed E-state index contributed by atoms with van der Waals surface area (Å²) >= 11 is 0. The van der Waals surface area contributed by atoms with Crippen LogP contribution in [0, 0.1) is 0 Å². The number of ether oxygens (including phenoxy) is 2. The maximum Gasteiger partial charge on any atom is 0.410 e. The average molecular weight is 405 g/mol. The van der Waals surface area contributed by atoms with Crippen LogP contribution in [0.2, 0.25) is 25.7 Å². The highest BCUT2D eigenvalue weighted by atomic mass is 28.3. The third-order valence-corrected chi connectivity index (χ3v) is 6.84. The predicted octanol–water partition coefficient (Wildman–Crippen LogP) is 3.81. The van der Waals surface area contributed by atoms with Crippen LogP contribution in [0.4, 0.5) is 4.79 Å². The molecule has 0 saturated heterocycles. The van der Waals surface area contributed by atoms with Gasteiger partial charge in [-0.2, -0.15) is 0 Å². The summed E-state index contributed by atoms with van der Waals surface area (Å²) in [6.07, 6.45) is 0.268. The first-order chi connectivity index (χ1) is 13.2. The number of amides is 1. The first-order valence-electron chi connectivity index (χ1n) is 9.53. The van der Waals surface area contributed by atoms with Crippen molar-refractivity contribution < 1.29 is 24.2 Å². The molecular formula is C20H28N2O5Si. The SMILES string of the molecule is COC(=O)CC1c2[nH]c3ccc(O)cc3c2CCN1C(=O)OCC[Si](C)(C)C. The minimum atomic E-state index is -1.31. The third kappa shape index (κ3) is 4.32. The Morgan fingerprint density at radius 3 is 2.75 bits per heavy atom. The number of nitrogens with zero attached hydrogens (tertiary/aromatic N) is 1. The summed E-state index contributed by atoms with van der Waals surface area (Å²) in [4.78, 5) is 29.7. The van der Waals surface area contributed by atoms with Gasteiger partial charge in [-0.3, -0.25) is 9.69 Å². The number of phenolic OH excluding ortho intramolecular Hbond substituents is 1. The number of benzene rings is 1. The van der Waals surface area contributed by atoms with E-state index in [0.717, 1.165) is 28.2 Å². The number of nitrogens with one attached hydrogen (secondary N) is 1. The number of esters is 1. The highest BCUT2D eigenvalue weighted by molar-refractivity contribution is 6.76. The van der Waals surface area contributed by atoms with Crippen LogP contribution < -0.4 is 0 Å². The molecule has 1 aromatic heterocycles. The molecule has 1 unspecified atom stereocenters. The Morgan fingerprint density at radius 1 is 1.32 bits per heavy atom. The fraction of sp³-hybridized carbons (Fsp3) is 0.500. The van der Waals surface area contributed by atoms with E-state index < -0.39 is 20.2 Å². The molecule has 0 aliphatic carbocycles. The molecule has 2 aromatic rings. The fourth-order valence-corrected chi connectivity index (χ4v) is 4.27. The van der Waals surface area contributed by atoms with Crippen LogP contribution in [0.3, 0.4) is 0 Å². The Hall–Kier alpha value is -2.48. The molecule has 2 N–H and O–H groups in total. The van der Waals surface area contributed by atoms with Crippen molar-refractivity contribution in [3.05, 3.63) is 29.5 Å². The van der Waals surface area contributed by atoms with E-state index in [1.807, 2.05) is 0 Å². The van der Waals surface area contributed by atoms with Gasteiger partial charge >= 0.3 is 12.1 Å². The number of hydrogen-bond donors (Lipinski definition) is 2. The smallest absolute Gasteiger partial charge is 0.410 e. The lowest BCUT2D eigenvalue weighted by Crippen LogP contribution is -2.41. The van der Waals surface area contributed by atoms with Crippen molar-refractivity contribution in [2.75, 3.05) is 20.3 Å². The first-order valence-corrected chi connectivity index (χ1v) is 13.2. The largest absolute Gasteiger partial charge is 0.508 e. The molecule has 0 radical (unpaired) electrons. The number of methoxy groups -OCH3 is 1. The standard InChI is InChI=1S/C20H28N2O5Si/c1-26-18(24)12-17-19-14(15-11-13(23)5-6-16(15)21-19)7-8-22(17)20(25)27-9-10-28(2,3)4/h5-6,11,17,21,23H,7-10,12H2,1-4H3. The minimum absolute atomic E-state index is 0.0470. The van der Waals surface area contributed by atoms with Crippen molar-refractivity contribution in [2.45, 2.75) is 44.6 Å². The number of aromatic hydroxyl groups is 1. The van der Waals surface area contributed by atoms with E-state index in [2.05, 4.69) is 24.6 Å². The van der Waals surface area contributed by atoms with Crippen molar-refractivity contribution >= 4 is 31.0 Å². The van der Waals surface area contributed by atoms with E-state index >= 15 is 0 Å². The van der Waals surface area contributed by atoms with Crippen molar-refractivity contribution in [3.8, 4) is 5.75 Å². The van der Waals surface area contributed by atoms with Gasteiger partial charge in [0.05, 0.1) is 26.2 Å². The molecule has 1 amide bonds. The maximum atomic E-state index is 12.8. The zero-order valence-electron chi connectivity index (χ0n) is 16.9. The topological polar surface area (TPSA) is 91.9 Å². The van der Waals surface area contributed by atoms with E-state index in [1.54, 1.807) is 23.1 Å². The van der Waals surface area contributed by atoms with Crippen LogP contribution in [0.15, 0.2) is 18.2 Å². The number of aromatic nitrogens is 1. The highest BCUT2D eigenvalue weighted by Crippen LogP contribution is 2.37. The summed E-state index contributed by atoms with van der Waals surface area (Å²) in [5.74, 6) is -0.203. The van der Waals surface area contributed by atoms with Gasteiger partial charge in [0.15, 0.2) is 0 Å². The first kappa shape index (κ1) is 20.3. The quantitative estimate of drug-likeness (QED) is 0.584. The third-order valence-electron chi connectivity index (χ3n) is 5.13. The van der Waals surface area contributed by atoms with Crippen molar-refractivity contribution in [1.29, 1.82) is 0 Å². The molecule has 8 heteroatoms. The van der Waals surface area contributed by atoms with Crippen molar-refractivity contribution in [3.63, 3.8) is 0 Å². The Labute approximate surface area is 165 Å². The Kier molecular flexibility index (Phi) is 5.69. The molecule has 28 heavy (non-hydrogen) atoms. The summed E-state index contributed by atoms with van der Waals surface area (Å²) in [5, 5.41) is 10.7. The Bertz CT molecular complexity index is 887. The zero-order chi connectivity index (χ0) is 20.5. The number of phenols is 1. The number of H-pyrrole nitrogens is 1. The van der Waals surface area contributed by atoms with E-state index in [4.69, 9.17) is 9.47 Å². The predicted molar refractivity (Wildman–Crippen MR) is 109 cm³/mol. The second-order valence-electron chi connectivity index (χ2n) is 8.41. The maximum absolute atomic E-state index is 12.8. The Balaban J connectivity index is 1.88. The van der Waals surface area contributed by atoms with Gasteiger partial charge in [-0.05, 0) is 36.2 Å². The Morgan fingerprint density at radius 2 is 2.07 bits per heavy atom. The average Bonchev–Trinajstić information content (AvgIpc) is 2.99. The molecule has 2 heterocycles. The number of rotatable bonds is 5. The van der Waals surface area contributed by atoms with Crippen LogP contribution in [-0.4, -0.2) is 55.4 Å². The van der Waals surface area contributed by atoms with E-state index in [1.165, 1.54) is 7.11 Å². The van der Waals surface area contributed by atoms with Gasteiger partial charge < -0.3 is 19.6 Å². The van der Waals surface area contributed by atoms with Crippen molar-refractivity contribution in [2.24, 2.45) is 0 Å². The molecule has 1 aromatic carbocycles. The molecule has 1 aliphatic rings. The summed E-state index contributed by atoms with van der Waals surface area (Å²) in [6, 6.07) is 5.54. The summed E-state index contributed by atoms with van der Waals surface area (Å²) < 4.78 is 10.4. The lowest BCUT2D eigenvalue weighted by molar-refractivity contribution is -0.142. The molecular weight excluding hydrogens is 376 g/mol. The van der Waals surface area contributed by atoms with Crippen LogP contribution in [0.1, 0.15) is 23.7 Å².